The SMILES string of the molecule is C=CCOC(=O)Nc1cnc(C(=O)O)cc1C. The summed E-state index contributed by atoms with van der Waals surface area (Å²) in [5.74, 6) is -1.12. The summed E-state index contributed by atoms with van der Waals surface area (Å²) in [5.41, 5.74) is 0.921. The standard InChI is InChI=1S/C11H12N2O4/c1-3-4-17-11(16)13-9-6-12-8(10(14)15)5-7(9)2/h3,5-6H,1,4H2,2H3,(H,13,16)(H,14,15). The van der Waals surface area contributed by atoms with E-state index in [4.69, 9.17) is 9.84 Å². The topological polar surface area (TPSA) is 88.5 Å². The molecular formula is C11H12N2O4. The smallest absolute Gasteiger partial charge is 0.411 e. The van der Waals surface area contributed by atoms with Crippen molar-refractivity contribution in [1.29, 1.82) is 0 Å². The van der Waals surface area contributed by atoms with E-state index in [0.717, 1.165) is 0 Å². The number of amides is 1. The minimum absolute atomic E-state index is 0.0764. The largest absolute Gasteiger partial charge is 0.477 e. The highest BCUT2D eigenvalue weighted by molar-refractivity contribution is 5.88. The third-order valence-electron chi connectivity index (χ3n) is 1.90. The fourth-order valence-corrected chi connectivity index (χ4v) is 1.08. The molecule has 0 aliphatic heterocycles. The minimum atomic E-state index is -1.12. The Morgan fingerprint density at radius 2 is 2.35 bits per heavy atom. The van der Waals surface area contributed by atoms with Gasteiger partial charge < -0.3 is 9.84 Å². The molecule has 90 valence electrons. The third kappa shape index (κ3) is 3.60. The van der Waals surface area contributed by atoms with Gasteiger partial charge in [0, 0.05) is 0 Å². The number of aromatic carboxylic acids is 1. The van der Waals surface area contributed by atoms with Crippen LogP contribution < -0.4 is 5.32 Å². The van der Waals surface area contributed by atoms with Crippen molar-refractivity contribution in [2.45, 2.75) is 6.92 Å². The molecule has 2 N–H and O–H groups in total. The summed E-state index contributed by atoms with van der Waals surface area (Å²) in [7, 11) is 0. The van der Waals surface area contributed by atoms with Crippen molar-refractivity contribution >= 4 is 17.7 Å². The molecule has 0 fully saturated rings. The maximum Gasteiger partial charge on any atom is 0.411 e. The first kappa shape index (κ1) is 12.7. The molecule has 0 aliphatic rings. The molecular weight excluding hydrogens is 224 g/mol. The summed E-state index contributed by atoms with van der Waals surface area (Å²) in [6.45, 7) is 5.17. The number of nitrogens with one attached hydrogen (secondary N) is 1. The Bertz CT molecular complexity index is 457. The van der Waals surface area contributed by atoms with Crippen molar-refractivity contribution in [1.82, 2.24) is 4.98 Å². The van der Waals surface area contributed by atoms with E-state index in [1.165, 1.54) is 18.3 Å². The van der Waals surface area contributed by atoms with Crippen LogP contribution in [0.4, 0.5) is 10.5 Å². The molecule has 0 spiro atoms. The summed E-state index contributed by atoms with van der Waals surface area (Å²) in [6.07, 6.45) is 2.07. The van der Waals surface area contributed by atoms with E-state index >= 15 is 0 Å². The van der Waals surface area contributed by atoms with Crippen molar-refractivity contribution in [3.05, 3.63) is 36.2 Å². The van der Waals surface area contributed by atoms with Crippen LogP contribution in [0.1, 0.15) is 16.1 Å². The maximum absolute atomic E-state index is 11.2. The lowest BCUT2D eigenvalue weighted by atomic mass is 10.2. The average Bonchev–Trinajstić information content (AvgIpc) is 2.28. The van der Waals surface area contributed by atoms with Crippen LogP contribution in [0.25, 0.3) is 0 Å². The number of anilines is 1. The molecule has 6 nitrogen and oxygen atoms in total. The fourth-order valence-electron chi connectivity index (χ4n) is 1.08. The van der Waals surface area contributed by atoms with Crippen LogP contribution in [0.3, 0.4) is 0 Å². The van der Waals surface area contributed by atoms with Gasteiger partial charge in [-0.3, -0.25) is 5.32 Å². The second-order valence-corrected chi connectivity index (χ2v) is 3.20. The van der Waals surface area contributed by atoms with Gasteiger partial charge in [0.05, 0.1) is 11.9 Å². The van der Waals surface area contributed by atoms with Gasteiger partial charge in [0.25, 0.3) is 0 Å². The Morgan fingerprint density at radius 1 is 1.65 bits per heavy atom. The number of ether oxygens (including phenoxy) is 1. The van der Waals surface area contributed by atoms with E-state index in [2.05, 4.69) is 16.9 Å². The average molecular weight is 236 g/mol. The second kappa shape index (κ2) is 5.64. The number of carboxylic acid groups (broad SMARTS) is 1. The van der Waals surface area contributed by atoms with Gasteiger partial charge >= 0.3 is 12.1 Å². The molecule has 17 heavy (non-hydrogen) atoms. The van der Waals surface area contributed by atoms with Crippen LogP contribution in [-0.2, 0) is 4.74 Å². The lowest BCUT2D eigenvalue weighted by Gasteiger charge is -2.08. The number of hydrogen-bond donors (Lipinski definition) is 2. The van der Waals surface area contributed by atoms with E-state index in [-0.39, 0.29) is 12.3 Å². The van der Waals surface area contributed by atoms with Crippen LogP contribution in [0.2, 0.25) is 0 Å². The Labute approximate surface area is 97.9 Å². The Balaban J connectivity index is 2.75. The van der Waals surface area contributed by atoms with E-state index in [1.54, 1.807) is 6.92 Å². The molecule has 1 heterocycles. The number of rotatable bonds is 4. The van der Waals surface area contributed by atoms with Gasteiger partial charge in [0.1, 0.15) is 12.3 Å². The van der Waals surface area contributed by atoms with Gasteiger partial charge in [-0.05, 0) is 18.6 Å². The highest BCUT2D eigenvalue weighted by Gasteiger charge is 2.09. The molecule has 1 aromatic heterocycles. The molecule has 0 unspecified atom stereocenters. The van der Waals surface area contributed by atoms with E-state index in [0.29, 0.717) is 11.3 Å². The first-order valence-electron chi connectivity index (χ1n) is 4.79. The van der Waals surface area contributed by atoms with Crippen molar-refractivity contribution in [2.24, 2.45) is 0 Å². The fraction of sp³-hybridized carbons (Fsp3) is 0.182. The van der Waals surface area contributed by atoms with Crippen molar-refractivity contribution in [3.63, 3.8) is 0 Å². The quantitative estimate of drug-likeness (QED) is 0.778. The molecule has 0 aromatic carbocycles. The van der Waals surface area contributed by atoms with E-state index in [9.17, 15) is 9.59 Å². The molecule has 0 bridgehead atoms. The van der Waals surface area contributed by atoms with Crippen molar-refractivity contribution < 1.29 is 19.4 Å². The zero-order valence-electron chi connectivity index (χ0n) is 9.27. The molecule has 0 saturated carbocycles. The van der Waals surface area contributed by atoms with E-state index < -0.39 is 12.1 Å². The Kier molecular flexibility index (Phi) is 4.21. The van der Waals surface area contributed by atoms with Gasteiger partial charge in [-0.25, -0.2) is 14.6 Å². The zero-order chi connectivity index (χ0) is 12.8. The first-order valence-corrected chi connectivity index (χ1v) is 4.79. The minimum Gasteiger partial charge on any atom is -0.477 e. The molecule has 0 atom stereocenters. The number of carbonyl (C=O) groups is 2. The molecule has 0 radical (unpaired) electrons. The summed E-state index contributed by atoms with van der Waals surface area (Å²) >= 11 is 0. The highest BCUT2D eigenvalue weighted by atomic mass is 16.5. The predicted molar refractivity (Wildman–Crippen MR) is 61.1 cm³/mol. The number of pyridine rings is 1. The summed E-state index contributed by atoms with van der Waals surface area (Å²) < 4.78 is 4.72. The molecule has 0 aliphatic carbocycles. The van der Waals surface area contributed by atoms with Crippen LogP contribution in [-0.4, -0.2) is 28.8 Å². The Hall–Kier alpha value is -2.37. The molecule has 1 aromatic rings. The highest BCUT2D eigenvalue weighted by Crippen LogP contribution is 2.14. The number of nitrogens with zero attached hydrogens (tertiary/aromatic N) is 1. The van der Waals surface area contributed by atoms with Crippen LogP contribution in [0.5, 0.6) is 0 Å². The molecule has 0 saturated heterocycles. The zero-order valence-corrected chi connectivity index (χ0v) is 9.27. The van der Waals surface area contributed by atoms with Crippen LogP contribution in [0.15, 0.2) is 24.9 Å². The number of hydrogen-bond acceptors (Lipinski definition) is 4. The Morgan fingerprint density at radius 3 is 2.88 bits per heavy atom. The number of aromatic nitrogens is 1. The summed E-state index contributed by atoms with van der Waals surface area (Å²) in [4.78, 5) is 25.5. The van der Waals surface area contributed by atoms with Gasteiger partial charge in [0.15, 0.2) is 0 Å². The molecule has 1 rings (SSSR count). The summed E-state index contributed by atoms with van der Waals surface area (Å²) in [5, 5.41) is 11.2. The molecule has 1 amide bonds. The third-order valence-corrected chi connectivity index (χ3v) is 1.90. The van der Waals surface area contributed by atoms with Crippen molar-refractivity contribution in [3.8, 4) is 0 Å². The van der Waals surface area contributed by atoms with Crippen LogP contribution in [0, 0.1) is 6.92 Å². The van der Waals surface area contributed by atoms with Gasteiger partial charge in [0.2, 0.25) is 0 Å². The van der Waals surface area contributed by atoms with Crippen LogP contribution >= 0.6 is 0 Å². The predicted octanol–water partition coefficient (Wildman–Crippen LogP) is 1.82. The summed E-state index contributed by atoms with van der Waals surface area (Å²) in [6, 6.07) is 1.37. The van der Waals surface area contributed by atoms with Gasteiger partial charge in [-0.2, -0.15) is 0 Å². The lowest BCUT2D eigenvalue weighted by molar-refractivity contribution is 0.0690. The first-order chi connectivity index (χ1) is 8.04. The second-order valence-electron chi connectivity index (χ2n) is 3.20. The maximum atomic E-state index is 11.2. The lowest BCUT2D eigenvalue weighted by Crippen LogP contribution is -2.15. The molecule has 6 heteroatoms. The number of carbonyl (C=O) groups excluding carboxylic acids is 1. The monoisotopic (exact) mass is 236 g/mol. The van der Waals surface area contributed by atoms with Gasteiger partial charge in [-0.15, -0.1) is 0 Å². The number of carboxylic acids is 1. The normalized spacial score (nSPS) is 9.47. The number of aryl methyl sites for hydroxylation is 1. The van der Waals surface area contributed by atoms with Gasteiger partial charge in [-0.1, -0.05) is 12.7 Å². The van der Waals surface area contributed by atoms with Crippen molar-refractivity contribution in [2.75, 3.05) is 11.9 Å². The van der Waals surface area contributed by atoms with E-state index in [1.807, 2.05) is 0 Å².